The summed E-state index contributed by atoms with van der Waals surface area (Å²) in [5.41, 5.74) is 2.39. The van der Waals surface area contributed by atoms with E-state index in [4.69, 9.17) is 4.74 Å². The Morgan fingerprint density at radius 1 is 1.25 bits per heavy atom. The Kier molecular flexibility index (Phi) is 3.84. The van der Waals surface area contributed by atoms with E-state index in [1.165, 1.54) is 0 Å². The van der Waals surface area contributed by atoms with E-state index < -0.39 is 0 Å². The predicted molar refractivity (Wildman–Crippen MR) is 90.3 cm³/mol. The summed E-state index contributed by atoms with van der Waals surface area (Å²) in [6, 6.07) is 9.41. The summed E-state index contributed by atoms with van der Waals surface area (Å²) in [5, 5.41) is 11.2. The molecule has 7 heteroatoms. The molecule has 1 aliphatic heterocycles. The first-order valence-corrected chi connectivity index (χ1v) is 7.83. The van der Waals surface area contributed by atoms with Crippen molar-refractivity contribution < 1.29 is 9.53 Å². The van der Waals surface area contributed by atoms with Crippen molar-refractivity contribution in [2.45, 2.75) is 0 Å². The van der Waals surface area contributed by atoms with Gasteiger partial charge in [-0.05, 0) is 30.3 Å². The molecule has 0 saturated carbocycles. The molecule has 24 heavy (non-hydrogen) atoms. The van der Waals surface area contributed by atoms with Crippen LogP contribution in [0.25, 0.3) is 10.9 Å². The number of aromatic nitrogens is 3. The van der Waals surface area contributed by atoms with Gasteiger partial charge >= 0.3 is 0 Å². The molecule has 4 rings (SSSR count). The Hall–Kier alpha value is -2.93. The standard InChI is InChI=1S/C17H17N5O2/c23-17(22-6-8-24-9-7-22)14-2-1-5-18-16(14)20-13-3-4-15-12(10-13)11-19-21-15/h1-5,10-11H,6-9H2,(H,18,20)(H,19,21). The van der Waals surface area contributed by atoms with Crippen molar-refractivity contribution >= 4 is 28.3 Å². The van der Waals surface area contributed by atoms with Gasteiger partial charge in [0.15, 0.2) is 0 Å². The van der Waals surface area contributed by atoms with Gasteiger partial charge in [-0.25, -0.2) is 4.98 Å². The smallest absolute Gasteiger partial charge is 0.257 e. The van der Waals surface area contributed by atoms with Gasteiger partial charge in [0.25, 0.3) is 5.91 Å². The molecule has 1 aromatic carbocycles. The summed E-state index contributed by atoms with van der Waals surface area (Å²) in [7, 11) is 0. The fourth-order valence-corrected chi connectivity index (χ4v) is 2.77. The third-order valence-corrected chi connectivity index (χ3v) is 4.04. The number of amides is 1. The average molecular weight is 323 g/mol. The average Bonchev–Trinajstić information content (AvgIpc) is 3.10. The topological polar surface area (TPSA) is 83.1 Å². The van der Waals surface area contributed by atoms with Crippen molar-refractivity contribution in [2.24, 2.45) is 0 Å². The van der Waals surface area contributed by atoms with Crippen LogP contribution in [0.3, 0.4) is 0 Å². The second kappa shape index (κ2) is 6.29. The normalized spacial score (nSPS) is 14.8. The Labute approximate surface area is 138 Å². The summed E-state index contributed by atoms with van der Waals surface area (Å²) in [5.74, 6) is 0.523. The number of benzene rings is 1. The lowest BCUT2D eigenvalue weighted by molar-refractivity contribution is 0.0303. The fourth-order valence-electron chi connectivity index (χ4n) is 2.77. The molecule has 0 aliphatic carbocycles. The molecule has 0 bridgehead atoms. The van der Waals surface area contributed by atoms with Crippen LogP contribution < -0.4 is 5.32 Å². The van der Waals surface area contributed by atoms with Gasteiger partial charge in [-0.2, -0.15) is 5.10 Å². The molecule has 7 nitrogen and oxygen atoms in total. The number of rotatable bonds is 3. The second-order valence-electron chi connectivity index (χ2n) is 5.60. The number of nitrogens with one attached hydrogen (secondary N) is 2. The molecule has 0 spiro atoms. The quantitative estimate of drug-likeness (QED) is 0.772. The molecule has 2 aromatic heterocycles. The third kappa shape index (κ3) is 2.81. The maximum atomic E-state index is 12.8. The molecule has 1 saturated heterocycles. The minimum atomic E-state index is -0.0294. The van der Waals surface area contributed by atoms with Gasteiger partial charge in [0.1, 0.15) is 5.82 Å². The first kappa shape index (κ1) is 14.6. The lowest BCUT2D eigenvalue weighted by atomic mass is 10.2. The minimum absolute atomic E-state index is 0.0294. The zero-order chi connectivity index (χ0) is 16.4. The first-order valence-electron chi connectivity index (χ1n) is 7.83. The lowest BCUT2D eigenvalue weighted by Gasteiger charge is -2.27. The Balaban J connectivity index is 1.62. The highest BCUT2D eigenvalue weighted by Gasteiger charge is 2.21. The van der Waals surface area contributed by atoms with Crippen LogP contribution in [0.2, 0.25) is 0 Å². The minimum Gasteiger partial charge on any atom is -0.378 e. The predicted octanol–water partition coefficient (Wildman–Crippen LogP) is 2.17. The van der Waals surface area contributed by atoms with Gasteiger partial charge < -0.3 is 15.0 Å². The molecule has 3 heterocycles. The van der Waals surface area contributed by atoms with E-state index in [-0.39, 0.29) is 5.91 Å². The Bertz CT molecular complexity index is 870. The monoisotopic (exact) mass is 323 g/mol. The number of hydrogen-bond donors (Lipinski definition) is 2. The number of hydrogen-bond acceptors (Lipinski definition) is 5. The van der Waals surface area contributed by atoms with Crippen molar-refractivity contribution in [3.05, 3.63) is 48.3 Å². The third-order valence-electron chi connectivity index (χ3n) is 4.04. The molecule has 1 fully saturated rings. The first-order chi connectivity index (χ1) is 11.8. The van der Waals surface area contributed by atoms with E-state index >= 15 is 0 Å². The van der Waals surface area contributed by atoms with Crippen LogP contribution in [0.15, 0.2) is 42.7 Å². The van der Waals surface area contributed by atoms with E-state index in [2.05, 4.69) is 20.5 Å². The van der Waals surface area contributed by atoms with E-state index in [9.17, 15) is 4.79 Å². The number of carbonyl (C=O) groups is 1. The second-order valence-corrected chi connectivity index (χ2v) is 5.60. The number of pyridine rings is 1. The van der Waals surface area contributed by atoms with Crippen molar-refractivity contribution in [2.75, 3.05) is 31.6 Å². The molecule has 3 aromatic rings. The van der Waals surface area contributed by atoms with Crippen molar-refractivity contribution in [1.82, 2.24) is 20.1 Å². The van der Waals surface area contributed by atoms with Crippen molar-refractivity contribution in [1.29, 1.82) is 0 Å². The molecular weight excluding hydrogens is 306 g/mol. The number of fused-ring (bicyclic) bond motifs is 1. The number of H-pyrrole nitrogens is 1. The molecule has 0 radical (unpaired) electrons. The summed E-state index contributed by atoms with van der Waals surface area (Å²) in [6.45, 7) is 2.36. The molecule has 0 atom stereocenters. The Morgan fingerprint density at radius 3 is 3.00 bits per heavy atom. The summed E-state index contributed by atoms with van der Waals surface area (Å²) in [6.07, 6.45) is 3.44. The highest BCUT2D eigenvalue weighted by Crippen LogP contribution is 2.23. The lowest BCUT2D eigenvalue weighted by Crippen LogP contribution is -2.40. The molecule has 2 N–H and O–H groups in total. The molecule has 1 amide bonds. The maximum absolute atomic E-state index is 12.8. The van der Waals surface area contributed by atoms with Crippen LogP contribution in [0.1, 0.15) is 10.4 Å². The number of aromatic amines is 1. The van der Waals surface area contributed by atoms with Gasteiger partial charge in [0.05, 0.1) is 30.5 Å². The number of carbonyl (C=O) groups excluding carboxylic acids is 1. The van der Waals surface area contributed by atoms with Gasteiger partial charge in [-0.1, -0.05) is 0 Å². The van der Waals surface area contributed by atoms with Crippen LogP contribution in [0.4, 0.5) is 11.5 Å². The highest BCUT2D eigenvalue weighted by atomic mass is 16.5. The molecular formula is C17H17N5O2. The zero-order valence-electron chi connectivity index (χ0n) is 13.0. The van der Waals surface area contributed by atoms with Gasteiger partial charge in [0.2, 0.25) is 0 Å². The van der Waals surface area contributed by atoms with Gasteiger partial charge in [-0.3, -0.25) is 9.89 Å². The van der Waals surface area contributed by atoms with Crippen molar-refractivity contribution in [3.8, 4) is 0 Å². The van der Waals surface area contributed by atoms with Crippen LogP contribution in [-0.4, -0.2) is 52.3 Å². The van der Waals surface area contributed by atoms with Crippen LogP contribution in [0.5, 0.6) is 0 Å². The van der Waals surface area contributed by atoms with E-state index in [1.807, 2.05) is 18.2 Å². The van der Waals surface area contributed by atoms with Crippen LogP contribution in [0, 0.1) is 0 Å². The number of morpholine rings is 1. The summed E-state index contributed by atoms with van der Waals surface area (Å²) in [4.78, 5) is 18.9. The largest absolute Gasteiger partial charge is 0.378 e. The zero-order valence-corrected chi connectivity index (χ0v) is 13.0. The van der Waals surface area contributed by atoms with Gasteiger partial charge in [0, 0.05) is 30.4 Å². The van der Waals surface area contributed by atoms with Crippen molar-refractivity contribution in [3.63, 3.8) is 0 Å². The summed E-state index contributed by atoms with van der Waals surface area (Å²) < 4.78 is 5.31. The molecule has 122 valence electrons. The highest BCUT2D eigenvalue weighted by molar-refractivity contribution is 5.99. The van der Waals surface area contributed by atoms with Crippen LogP contribution >= 0.6 is 0 Å². The van der Waals surface area contributed by atoms with E-state index in [0.717, 1.165) is 16.6 Å². The maximum Gasteiger partial charge on any atom is 0.257 e. The van der Waals surface area contributed by atoms with E-state index in [0.29, 0.717) is 37.7 Å². The van der Waals surface area contributed by atoms with Gasteiger partial charge in [-0.15, -0.1) is 0 Å². The molecule has 0 unspecified atom stereocenters. The molecule has 1 aliphatic rings. The SMILES string of the molecule is O=C(c1cccnc1Nc1ccc2[nH]ncc2c1)N1CCOCC1. The number of ether oxygens (including phenoxy) is 1. The summed E-state index contributed by atoms with van der Waals surface area (Å²) >= 11 is 0. The number of nitrogens with zero attached hydrogens (tertiary/aromatic N) is 3. The number of anilines is 2. The Morgan fingerprint density at radius 2 is 2.12 bits per heavy atom. The fraction of sp³-hybridized carbons (Fsp3) is 0.235. The van der Waals surface area contributed by atoms with E-state index in [1.54, 1.807) is 29.4 Å². The van der Waals surface area contributed by atoms with Crippen LogP contribution in [-0.2, 0) is 4.74 Å².